The average molecular weight is 360 g/mol. The molecule has 0 bridgehead atoms. The molecule has 1 saturated heterocycles. The summed E-state index contributed by atoms with van der Waals surface area (Å²) in [6.07, 6.45) is 3.19. The molecule has 2 fully saturated rings. The number of carbonyl (C=O) groups excluding carboxylic acids is 3. The molecule has 0 spiro atoms. The highest BCUT2D eigenvalue weighted by Gasteiger charge is 2.46. The number of aromatic nitrogens is 1. The lowest BCUT2D eigenvalue weighted by molar-refractivity contribution is -0.127. The molecule has 1 saturated carbocycles. The molecule has 26 heavy (non-hydrogen) atoms. The van der Waals surface area contributed by atoms with Crippen molar-refractivity contribution >= 4 is 17.8 Å². The Hall–Kier alpha value is -2.48. The predicted molar refractivity (Wildman–Crippen MR) is 92.9 cm³/mol. The van der Waals surface area contributed by atoms with Crippen molar-refractivity contribution in [1.82, 2.24) is 20.5 Å². The van der Waals surface area contributed by atoms with E-state index in [1.165, 1.54) is 4.90 Å². The molecule has 4 amide bonds. The van der Waals surface area contributed by atoms with E-state index in [4.69, 9.17) is 0 Å². The van der Waals surface area contributed by atoms with Crippen LogP contribution in [0, 0.1) is 5.92 Å². The number of rotatable bonds is 6. The third-order valence-electron chi connectivity index (χ3n) is 5.22. The Kier molecular flexibility index (Phi) is 4.95. The second kappa shape index (κ2) is 7.03. The highest BCUT2D eigenvalue weighted by Crippen LogP contribution is 2.31. The molecule has 2 heterocycles. The minimum absolute atomic E-state index is 0.165. The smallest absolute Gasteiger partial charge is 0.325 e. The van der Waals surface area contributed by atoms with Gasteiger partial charge in [0.2, 0.25) is 5.91 Å². The zero-order valence-corrected chi connectivity index (χ0v) is 14.9. The monoisotopic (exact) mass is 360 g/mol. The van der Waals surface area contributed by atoms with E-state index in [1.807, 2.05) is 18.2 Å². The van der Waals surface area contributed by atoms with Crippen molar-refractivity contribution in [1.29, 1.82) is 0 Å². The Labute approximate surface area is 152 Å². The van der Waals surface area contributed by atoms with Crippen LogP contribution in [0.2, 0.25) is 0 Å². The predicted octanol–water partition coefficient (Wildman–Crippen LogP) is 0.210. The van der Waals surface area contributed by atoms with Crippen LogP contribution in [-0.4, -0.2) is 57.1 Å². The summed E-state index contributed by atoms with van der Waals surface area (Å²) in [5, 5.41) is 14.8. The summed E-state index contributed by atoms with van der Waals surface area (Å²) >= 11 is 0. The van der Waals surface area contributed by atoms with Crippen LogP contribution in [0.25, 0.3) is 0 Å². The van der Waals surface area contributed by atoms with E-state index in [-0.39, 0.29) is 30.5 Å². The van der Waals surface area contributed by atoms with Gasteiger partial charge in [0.15, 0.2) is 0 Å². The van der Waals surface area contributed by atoms with E-state index in [0.717, 1.165) is 5.69 Å². The van der Waals surface area contributed by atoms with E-state index >= 15 is 0 Å². The summed E-state index contributed by atoms with van der Waals surface area (Å²) in [4.78, 5) is 41.8. The molecular weight excluding hydrogens is 336 g/mol. The van der Waals surface area contributed by atoms with Crippen molar-refractivity contribution in [2.24, 2.45) is 5.92 Å². The number of pyridine rings is 1. The molecule has 1 aromatic rings. The van der Waals surface area contributed by atoms with Gasteiger partial charge in [0.05, 0.1) is 6.10 Å². The van der Waals surface area contributed by atoms with Gasteiger partial charge < -0.3 is 15.3 Å². The summed E-state index contributed by atoms with van der Waals surface area (Å²) in [6.45, 7) is 3.01. The molecule has 1 aliphatic carbocycles. The van der Waals surface area contributed by atoms with Gasteiger partial charge in [-0.15, -0.1) is 0 Å². The van der Waals surface area contributed by atoms with Crippen molar-refractivity contribution in [3.63, 3.8) is 0 Å². The van der Waals surface area contributed by atoms with Crippen LogP contribution < -0.4 is 10.6 Å². The highest BCUT2D eigenvalue weighted by atomic mass is 16.3. The van der Waals surface area contributed by atoms with Gasteiger partial charge in [-0.1, -0.05) is 6.07 Å². The van der Waals surface area contributed by atoms with Crippen LogP contribution in [0.5, 0.6) is 0 Å². The van der Waals surface area contributed by atoms with Gasteiger partial charge in [0, 0.05) is 24.4 Å². The number of nitrogens with zero attached hydrogens (tertiary/aromatic N) is 2. The molecule has 0 radical (unpaired) electrons. The van der Waals surface area contributed by atoms with Crippen molar-refractivity contribution in [2.45, 2.75) is 50.8 Å². The van der Waals surface area contributed by atoms with Gasteiger partial charge in [0.1, 0.15) is 12.1 Å². The van der Waals surface area contributed by atoms with Crippen LogP contribution in [0.3, 0.4) is 0 Å². The first kappa shape index (κ1) is 18.3. The van der Waals surface area contributed by atoms with Crippen molar-refractivity contribution in [3.05, 3.63) is 30.1 Å². The fourth-order valence-electron chi connectivity index (χ4n) is 3.40. The van der Waals surface area contributed by atoms with Crippen LogP contribution in [0.1, 0.15) is 32.4 Å². The molecule has 1 aromatic heterocycles. The lowest BCUT2D eigenvalue weighted by Crippen LogP contribution is -2.53. The minimum atomic E-state index is -1.06. The third kappa shape index (κ3) is 3.70. The van der Waals surface area contributed by atoms with E-state index < -0.39 is 17.5 Å². The van der Waals surface area contributed by atoms with Gasteiger partial charge in [0.25, 0.3) is 5.91 Å². The van der Waals surface area contributed by atoms with Crippen molar-refractivity contribution in [3.8, 4) is 0 Å². The van der Waals surface area contributed by atoms with E-state index in [9.17, 15) is 19.5 Å². The Morgan fingerprint density at radius 2 is 2.15 bits per heavy atom. The molecule has 8 nitrogen and oxygen atoms in total. The summed E-state index contributed by atoms with van der Waals surface area (Å²) in [5.41, 5.74) is -0.203. The molecule has 3 N–H and O–H groups in total. The summed E-state index contributed by atoms with van der Waals surface area (Å²) in [7, 11) is 0. The molecular formula is C18H24N4O4. The number of hydrogen-bond donors (Lipinski definition) is 3. The highest BCUT2D eigenvalue weighted by molar-refractivity contribution is 6.07. The van der Waals surface area contributed by atoms with Crippen LogP contribution >= 0.6 is 0 Å². The zero-order valence-electron chi connectivity index (χ0n) is 14.9. The molecule has 0 aromatic carbocycles. The minimum Gasteiger partial charge on any atom is -0.393 e. The quantitative estimate of drug-likeness (QED) is 0.628. The maximum Gasteiger partial charge on any atom is 0.325 e. The Balaban J connectivity index is 1.65. The Morgan fingerprint density at radius 3 is 2.69 bits per heavy atom. The van der Waals surface area contributed by atoms with Gasteiger partial charge in [-0.3, -0.25) is 19.9 Å². The van der Waals surface area contributed by atoms with E-state index in [1.54, 1.807) is 20.0 Å². The summed E-state index contributed by atoms with van der Waals surface area (Å²) in [6, 6.07) is 4.87. The van der Waals surface area contributed by atoms with Crippen LogP contribution in [-0.2, 0) is 16.0 Å². The fourth-order valence-corrected chi connectivity index (χ4v) is 3.40. The van der Waals surface area contributed by atoms with Crippen LogP contribution in [0.15, 0.2) is 24.4 Å². The first-order chi connectivity index (χ1) is 12.3. The number of aliphatic hydroxyl groups is 1. The molecule has 2 aliphatic rings. The lowest BCUT2D eigenvalue weighted by Gasteiger charge is -2.38. The second-order valence-electron chi connectivity index (χ2n) is 7.49. The maximum absolute atomic E-state index is 12.5. The van der Waals surface area contributed by atoms with Gasteiger partial charge in [-0.05, 0) is 44.7 Å². The molecule has 8 heteroatoms. The Bertz CT molecular complexity index is 700. The third-order valence-corrected chi connectivity index (χ3v) is 5.22. The fraction of sp³-hybridized carbons (Fsp3) is 0.556. The SMILES string of the molecule is CC1(C)C(=O)NC(=O)N1CC(=O)NC(Cc1ccccn1)C1CC(O)C1. The van der Waals surface area contributed by atoms with E-state index in [0.29, 0.717) is 19.3 Å². The Morgan fingerprint density at radius 1 is 1.42 bits per heavy atom. The zero-order chi connectivity index (χ0) is 18.9. The largest absolute Gasteiger partial charge is 0.393 e. The second-order valence-corrected chi connectivity index (χ2v) is 7.49. The van der Waals surface area contributed by atoms with Crippen molar-refractivity contribution in [2.75, 3.05) is 6.54 Å². The first-order valence-electron chi connectivity index (χ1n) is 8.77. The number of aliphatic hydroxyl groups excluding tert-OH is 1. The number of carbonyl (C=O) groups is 3. The topological polar surface area (TPSA) is 112 Å². The number of hydrogen-bond acceptors (Lipinski definition) is 5. The van der Waals surface area contributed by atoms with Crippen molar-refractivity contribution < 1.29 is 19.5 Å². The molecule has 1 aliphatic heterocycles. The number of imide groups is 1. The molecule has 1 unspecified atom stereocenters. The molecule has 3 rings (SSSR count). The van der Waals surface area contributed by atoms with Gasteiger partial charge >= 0.3 is 6.03 Å². The van der Waals surface area contributed by atoms with Gasteiger partial charge in [-0.2, -0.15) is 0 Å². The van der Waals surface area contributed by atoms with Gasteiger partial charge in [-0.25, -0.2) is 4.79 Å². The first-order valence-corrected chi connectivity index (χ1v) is 8.77. The average Bonchev–Trinajstić information content (AvgIpc) is 2.74. The normalized spacial score (nSPS) is 25.4. The van der Waals surface area contributed by atoms with E-state index in [2.05, 4.69) is 15.6 Å². The summed E-state index contributed by atoms with van der Waals surface area (Å²) in [5.74, 6) is -0.578. The molecule has 1 atom stereocenters. The summed E-state index contributed by atoms with van der Waals surface area (Å²) < 4.78 is 0. The number of amides is 4. The number of urea groups is 1. The standard InChI is InChI=1S/C18H24N4O4/c1-18(2)16(25)21-17(26)22(18)10-15(24)20-14(11-7-13(23)8-11)9-12-5-3-4-6-19-12/h3-6,11,13-14,23H,7-10H2,1-2H3,(H,20,24)(H,21,25,26). The van der Waals surface area contributed by atoms with Crippen LogP contribution in [0.4, 0.5) is 4.79 Å². The molecule has 140 valence electrons. The number of nitrogens with one attached hydrogen (secondary N) is 2. The lowest BCUT2D eigenvalue weighted by atomic mass is 9.76. The maximum atomic E-state index is 12.5.